The molecule has 0 aliphatic heterocycles. The van der Waals surface area contributed by atoms with Crippen molar-refractivity contribution in [3.05, 3.63) is 0 Å². The Morgan fingerprint density at radius 2 is 2.07 bits per heavy atom. The fourth-order valence-corrected chi connectivity index (χ4v) is 1.83. The summed E-state index contributed by atoms with van der Waals surface area (Å²) in [5.41, 5.74) is 5.52. The van der Waals surface area contributed by atoms with E-state index in [1.807, 2.05) is 0 Å². The van der Waals surface area contributed by atoms with Crippen LogP contribution in [0.25, 0.3) is 0 Å². The SMILES string of the molecule is CCCCCN(CCC(N)=S)C1CC1. The van der Waals surface area contributed by atoms with Crippen LogP contribution in [0.5, 0.6) is 0 Å². The largest absolute Gasteiger partial charge is 0.393 e. The molecule has 0 spiro atoms. The van der Waals surface area contributed by atoms with Crippen LogP contribution in [0.15, 0.2) is 0 Å². The molecule has 1 aliphatic carbocycles. The zero-order valence-corrected chi connectivity index (χ0v) is 9.98. The summed E-state index contributed by atoms with van der Waals surface area (Å²) in [7, 11) is 0. The second-order valence-electron chi connectivity index (χ2n) is 4.19. The van der Waals surface area contributed by atoms with Gasteiger partial charge in [0.05, 0.1) is 4.99 Å². The van der Waals surface area contributed by atoms with E-state index in [9.17, 15) is 0 Å². The average Bonchev–Trinajstić information content (AvgIpc) is 2.94. The molecule has 2 nitrogen and oxygen atoms in total. The molecule has 82 valence electrons. The highest BCUT2D eigenvalue weighted by Gasteiger charge is 2.27. The van der Waals surface area contributed by atoms with Crippen LogP contribution in [0.4, 0.5) is 0 Å². The van der Waals surface area contributed by atoms with Crippen molar-refractivity contribution in [3.8, 4) is 0 Å². The maximum atomic E-state index is 5.52. The smallest absolute Gasteiger partial charge is 0.0740 e. The van der Waals surface area contributed by atoms with E-state index in [1.165, 1.54) is 38.6 Å². The molecule has 0 aromatic carbocycles. The molecule has 0 amide bonds. The second kappa shape index (κ2) is 6.36. The van der Waals surface area contributed by atoms with Crippen LogP contribution in [0, 0.1) is 0 Å². The lowest BCUT2D eigenvalue weighted by molar-refractivity contribution is 0.265. The van der Waals surface area contributed by atoms with Gasteiger partial charge in [0, 0.05) is 19.0 Å². The molecule has 3 heteroatoms. The van der Waals surface area contributed by atoms with Gasteiger partial charge in [-0.25, -0.2) is 0 Å². The molecule has 0 aromatic heterocycles. The van der Waals surface area contributed by atoms with Gasteiger partial charge in [0.1, 0.15) is 0 Å². The van der Waals surface area contributed by atoms with E-state index in [0.717, 1.165) is 19.0 Å². The lowest BCUT2D eigenvalue weighted by Crippen LogP contribution is -2.30. The summed E-state index contributed by atoms with van der Waals surface area (Å²) in [5, 5.41) is 0. The number of thiocarbonyl (C=S) groups is 1. The van der Waals surface area contributed by atoms with Crippen molar-refractivity contribution in [2.45, 2.75) is 51.5 Å². The Kier molecular flexibility index (Phi) is 5.41. The maximum Gasteiger partial charge on any atom is 0.0740 e. The Labute approximate surface area is 92.8 Å². The molecule has 1 rings (SSSR count). The lowest BCUT2D eigenvalue weighted by Gasteiger charge is -2.21. The van der Waals surface area contributed by atoms with Gasteiger partial charge in [-0.05, 0) is 25.8 Å². The fourth-order valence-electron chi connectivity index (χ4n) is 1.74. The molecular formula is C11H22N2S. The molecule has 0 unspecified atom stereocenters. The molecule has 0 radical (unpaired) electrons. The Morgan fingerprint density at radius 1 is 1.36 bits per heavy atom. The predicted octanol–water partition coefficient (Wildman–Crippen LogP) is 2.32. The zero-order valence-electron chi connectivity index (χ0n) is 9.17. The van der Waals surface area contributed by atoms with Crippen molar-refractivity contribution in [2.75, 3.05) is 13.1 Å². The van der Waals surface area contributed by atoms with Gasteiger partial charge in [0.25, 0.3) is 0 Å². The van der Waals surface area contributed by atoms with Crippen molar-refractivity contribution < 1.29 is 0 Å². The van der Waals surface area contributed by atoms with E-state index in [2.05, 4.69) is 11.8 Å². The van der Waals surface area contributed by atoms with E-state index in [-0.39, 0.29) is 0 Å². The maximum absolute atomic E-state index is 5.52. The summed E-state index contributed by atoms with van der Waals surface area (Å²) in [6.07, 6.45) is 7.61. The zero-order chi connectivity index (χ0) is 10.4. The van der Waals surface area contributed by atoms with E-state index in [1.54, 1.807) is 0 Å². The molecule has 0 saturated heterocycles. The molecule has 1 fully saturated rings. The topological polar surface area (TPSA) is 29.3 Å². The third-order valence-electron chi connectivity index (χ3n) is 2.76. The molecular weight excluding hydrogens is 192 g/mol. The van der Waals surface area contributed by atoms with Crippen molar-refractivity contribution in [3.63, 3.8) is 0 Å². The standard InChI is InChI=1S/C11H22N2S/c1-2-3-4-8-13(10-5-6-10)9-7-11(12)14/h10H,2-9H2,1H3,(H2,12,14). The predicted molar refractivity (Wildman–Crippen MR) is 65.5 cm³/mol. The summed E-state index contributed by atoms with van der Waals surface area (Å²) < 4.78 is 0. The number of hydrogen-bond donors (Lipinski definition) is 1. The molecule has 2 N–H and O–H groups in total. The quantitative estimate of drug-likeness (QED) is 0.497. The summed E-state index contributed by atoms with van der Waals surface area (Å²) in [4.78, 5) is 3.22. The third kappa shape index (κ3) is 4.91. The van der Waals surface area contributed by atoms with Gasteiger partial charge < -0.3 is 5.73 Å². The van der Waals surface area contributed by atoms with E-state index >= 15 is 0 Å². The number of nitrogens with two attached hydrogens (primary N) is 1. The Balaban J connectivity index is 2.14. The monoisotopic (exact) mass is 214 g/mol. The van der Waals surface area contributed by atoms with Gasteiger partial charge in [-0.15, -0.1) is 0 Å². The summed E-state index contributed by atoms with van der Waals surface area (Å²) >= 11 is 4.91. The Morgan fingerprint density at radius 3 is 2.57 bits per heavy atom. The minimum Gasteiger partial charge on any atom is -0.393 e. The van der Waals surface area contributed by atoms with Crippen LogP contribution in [-0.4, -0.2) is 29.0 Å². The molecule has 0 atom stereocenters. The summed E-state index contributed by atoms with van der Waals surface area (Å²) in [6.45, 7) is 4.56. The number of rotatable bonds is 8. The average molecular weight is 214 g/mol. The number of hydrogen-bond acceptors (Lipinski definition) is 2. The van der Waals surface area contributed by atoms with Gasteiger partial charge in [0.15, 0.2) is 0 Å². The molecule has 1 aliphatic rings. The van der Waals surface area contributed by atoms with Crippen molar-refractivity contribution in [2.24, 2.45) is 5.73 Å². The van der Waals surface area contributed by atoms with Crippen LogP contribution in [0.2, 0.25) is 0 Å². The van der Waals surface area contributed by atoms with Crippen LogP contribution in [0.3, 0.4) is 0 Å². The van der Waals surface area contributed by atoms with Gasteiger partial charge in [-0.2, -0.15) is 0 Å². The minimum absolute atomic E-state index is 0.658. The number of nitrogens with zero attached hydrogens (tertiary/aromatic N) is 1. The van der Waals surface area contributed by atoms with Gasteiger partial charge >= 0.3 is 0 Å². The minimum atomic E-state index is 0.658. The molecule has 0 aromatic rings. The third-order valence-corrected chi connectivity index (χ3v) is 2.96. The highest BCUT2D eigenvalue weighted by atomic mass is 32.1. The fraction of sp³-hybridized carbons (Fsp3) is 0.909. The van der Waals surface area contributed by atoms with Crippen LogP contribution in [0.1, 0.15) is 45.4 Å². The molecule has 0 heterocycles. The normalized spacial score (nSPS) is 16.1. The Bertz CT molecular complexity index is 178. The van der Waals surface area contributed by atoms with Crippen molar-refractivity contribution in [1.29, 1.82) is 0 Å². The molecule has 1 saturated carbocycles. The number of unbranched alkanes of at least 4 members (excludes halogenated alkanes) is 2. The van der Waals surface area contributed by atoms with Crippen molar-refractivity contribution >= 4 is 17.2 Å². The highest BCUT2D eigenvalue weighted by Crippen LogP contribution is 2.27. The first-order chi connectivity index (χ1) is 6.74. The Hall–Kier alpha value is -0.150. The summed E-state index contributed by atoms with van der Waals surface area (Å²) in [5.74, 6) is 0. The van der Waals surface area contributed by atoms with Crippen LogP contribution in [-0.2, 0) is 0 Å². The van der Waals surface area contributed by atoms with E-state index in [4.69, 9.17) is 18.0 Å². The molecule has 0 bridgehead atoms. The highest BCUT2D eigenvalue weighted by molar-refractivity contribution is 7.80. The van der Waals surface area contributed by atoms with Gasteiger partial charge in [0.2, 0.25) is 0 Å². The first-order valence-corrected chi connectivity index (χ1v) is 6.17. The second-order valence-corrected chi connectivity index (χ2v) is 4.71. The van der Waals surface area contributed by atoms with E-state index in [0.29, 0.717) is 4.99 Å². The first-order valence-electron chi connectivity index (χ1n) is 5.76. The lowest BCUT2D eigenvalue weighted by atomic mass is 10.2. The summed E-state index contributed by atoms with van der Waals surface area (Å²) in [6, 6.07) is 0.848. The van der Waals surface area contributed by atoms with Gasteiger partial charge in [-0.3, -0.25) is 4.90 Å². The molecule has 14 heavy (non-hydrogen) atoms. The first kappa shape index (κ1) is 11.9. The van der Waals surface area contributed by atoms with Crippen LogP contribution < -0.4 is 5.73 Å². The van der Waals surface area contributed by atoms with Crippen LogP contribution >= 0.6 is 12.2 Å². The van der Waals surface area contributed by atoms with Gasteiger partial charge in [-0.1, -0.05) is 32.0 Å². The van der Waals surface area contributed by atoms with E-state index < -0.39 is 0 Å². The van der Waals surface area contributed by atoms with Crippen molar-refractivity contribution in [1.82, 2.24) is 4.90 Å².